The van der Waals surface area contributed by atoms with Crippen LogP contribution >= 0.6 is 11.3 Å². The first-order valence-corrected chi connectivity index (χ1v) is 15.7. The van der Waals surface area contributed by atoms with Gasteiger partial charge in [-0.2, -0.15) is 4.31 Å². The number of benzene rings is 2. The van der Waals surface area contributed by atoms with E-state index < -0.39 is 16.1 Å². The number of anilines is 1. The van der Waals surface area contributed by atoms with E-state index >= 15 is 0 Å². The molecule has 0 saturated carbocycles. The lowest BCUT2D eigenvalue weighted by molar-refractivity contribution is 0.0933. The van der Waals surface area contributed by atoms with Crippen LogP contribution in [0.2, 0.25) is 0 Å². The molecular formula is C29H31N5O6S2. The van der Waals surface area contributed by atoms with Crippen molar-refractivity contribution in [3.05, 3.63) is 77.6 Å². The number of hydrogen-bond donors (Lipinski definition) is 0. The molecule has 0 radical (unpaired) electrons. The highest BCUT2D eigenvalue weighted by molar-refractivity contribution is 7.89. The Hall–Kier alpha value is -4.07. The molecule has 5 rings (SSSR count). The van der Waals surface area contributed by atoms with Crippen molar-refractivity contribution in [2.45, 2.75) is 25.3 Å². The second kappa shape index (κ2) is 12.4. The van der Waals surface area contributed by atoms with Gasteiger partial charge in [0, 0.05) is 44.1 Å². The summed E-state index contributed by atoms with van der Waals surface area (Å²) in [6, 6.07) is 13.4. The molecular weight excluding hydrogens is 578 g/mol. The number of hydrogen-bond acceptors (Lipinski definition) is 9. The summed E-state index contributed by atoms with van der Waals surface area (Å²) in [6.45, 7) is 4.97. The fraction of sp³-hybridized carbons (Fsp3) is 0.310. The molecule has 220 valence electrons. The average molecular weight is 610 g/mol. The number of fused-ring (bicyclic) bond motifs is 1. The maximum Gasteiger partial charge on any atom is 0.409 e. The van der Waals surface area contributed by atoms with Gasteiger partial charge in [-0.1, -0.05) is 23.5 Å². The van der Waals surface area contributed by atoms with Crippen molar-refractivity contribution in [3.8, 4) is 5.75 Å². The molecule has 0 unspecified atom stereocenters. The maximum atomic E-state index is 13.9. The molecule has 13 heteroatoms. The van der Waals surface area contributed by atoms with Crippen molar-refractivity contribution in [2.24, 2.45) is 0 Å². The van der Waals surface area contributed by atoms with Gasteiger partial charge in [-0.25, -0.2) is 18.2 Å². The third kappa shape index (κ3) is 5.94. The third-order valence-corrected chi connectivity index (χ3v) is 10.1. The van der Waals surface area contributed by atoms with Crippen molar-refractivity contribution in [1.82, 2.24) is 19.2 Å². The Kier molecular flexibility index (Phi) is 8.71. The number of pyridine rings is 1. The lowest BCUT2D eigenvalue weighted by Crippen LogP contribution is -2.50. The second-order valence-corrected chi connectivity index (χ2v) is 12.5. The number of aromatic nitrogens is 2. The van der Waals surface area contributed by atoms with Gasteiger partial charge >= 0.3 is 6.09 Å². The number of ether oxygens (including phenoxy) is 2. The van der Waals surface area contributed by atoms with Crippen molar-refractivity contribution in [3.63, 3.8) is 0 Å². The largest absolute Gasteiger partial charge is 0.494 e. The monoisotopic (exact) mass is 609 g/mol. The van der Waals surface area contributed by atoms with Gasteiger partial charge in [0.25, 0.3) is 5.91 Å². The number of amides is 2. The van der Waals surface area contributed by atoms with Crippen LogP contribution < -0.4 is 9.64 Å². The van der Waals surface area contributed by atoms with E-state index in [9.17, 15) is 18.0 Å². The topological polar surface area (TPSA) is 122 Å². The summed E-state index contributed by atoms with van der Waals surface area (Å²) >= 11 is 1.39. The molecule has 0 aliphatic carbocycles. The Bertz CT molecular complexity index is 1690. The summed E-state index contributed by atoms with van der Waals surface area (Å²) in [5.41, 5.74) is 2.81. The molecule has 1 aliphatic rings. The Morgan fingerprint density at radius 2 is 1.79 bits per heavy atom. The number of carbonyl (C=O) groups is 2. The SMILES string of the molecule is CCOC(=O)N1CCN(S(=O)(=O)c2ccc(C(=O)N(Cc3cccnc3)c3nc4c(OC)ccc(C)c4s3)cc2)CC1. The van der Waals surface area contributed by atoms with Crippen molar-refractivity contribution >= 4 is 48.7 Å². The molecule has 4 aromatic rings. The van der Waals surface area contributed by atoms with Crippen molar-refractivity contribution in [2.75, 3.05) is 44.8 Å². The molecule has 42 heavy (non-hydrogen) atoms. The molecule has 3 heterocycles. The van der Waals surface area contributed by atoms with E-state index in [2.05, 4.69) is 4.98 Å². The van der Waals surface area contributed by atoms with E-state index in [0.717, 1.165) is 15.8 Å². The predicted octanol–water partition coefficient (Wildman–Crippen LogP) is 4.32. The van der Waals surface area contributed by atoms with Crippen LogP contribution in [0, 0.1) is 6.92 Å². The highest BCUT2D eigenvalue weighted by Crippen LogP contribution is 2.37. The van der Waals surface area contributed by atoms with Gasteiger partial charge in [0.1, 0.15) is 11.3 Å². The molecule has 0 atom stereocenters. The van der Waals surface area contributed by atoms with Gasteiger partial charge in [-0.15, -0.1) is 0 Å². The minimum atomic E-state index is -3.82. The average Bonchev–Trinajstić information content (AvgIpc) is 3.47. The van der Waals surface area contributed by atoms with Gasteiger partial charge in [0.2, 0.25) is 10.0 Å². The van der Waals surface area contributed by atoms with Gasteiger partial charge in [-0.3, -0.25) is 14.7 Å². The number of carbonyl (C=O) groups excluding carboxylic acids is 2. The van der Waals surface area contributed by atoms with Gasteiger partial charge in [0.15, 0.2) is 5.13 Å². The second-order valence-electron chi connectivity index (χ2n) is 9.63. The molecule has 0 spiro atoms. The molecule has 1 fully saturated rings. The molecule has 2 amide bonds. The normalized spacial score (nSPS) is 14.1. The number of thiazole rings is 1. The number of sulfonamides is 1. The highest BCUT2D eigenvalue weighted by atomic mass is 32.2. The fourth-order valence-corrected chi connectivity index (χ4v) is 7.15. The Morgan fingerprint density at radius 1 is 1.05 bits per heavy atom. The van der Waals surface area contributed by atoms with Crippen LogP contribution in [-0.4, -0.2) is 79.5 Å². The lowest BCUT2D eigenvalue weighted by atomic mass is 10.2. The van der Waals surface area contributed by atoms with Crippen LogP contribution in [0.1, 0.15) is 28.4 Å². The summed E-state index contributed by atoms with van der Waals surface area (Å²) in [4.78, 5) is 38.0. The summed E-state index contributed by atoms with van der Waals surface area (Å²) in [6.07, 6.45) is 2.91. The lowest BCUT2D eigenvalue weighted by Gasteiger charge is -2.33. The molecule has 11 nitrogen and oxygen atoms in total. The quantitative estimate of drug-likeness (QED) is 0.290. The van der Waals surface area contributed by atoms with Crippen molar-refractivity contribution in [1.29, 1.82) is 0 Å². The van der Waals surface area contributed by atoms with E-state index in [-0.39, 0.29) is 50.1 Å². The summed E-state index contributed by atoms with van der Waals surface area (Å²) in [5, 5.41) is 0.489. The Morgan fingerprint density at radius 3 is 2.43 bits per heavy atom. The van der Waals surface area contributed by atoms with Crippen LogP contribution in [0.15, 0.2) is 65.8 Å². The first-order chi connectivity index (χ1) is 20.2. The number of rotatable bonds is 8. The molecule has 2 aromatic heterocycles. The fourth-order valence-electron chi connectivity index (χ4n) is 4.68. The standard InChI is InChI=1S/C29H31N5O6S2/c1-4-40-29(36)32-14-16-33(17-15-32)42(37,38)23-10-8-22(9-11-23)27(35)34(19-21-6-5-13-30-18-21)28-31-25-24(39-3)12-7-20(2)26(25)41-28/h5-13,18H,4,14-17,19H2,1-3H3. The van der Waals surface area contributed by atoms with Crippen LogP contribution in [0.5, 0.6) is 5.75 Å². The zero-order valence-electron chi connectivity index (χ0n) is 23.5. The van der Waals surface area contributed by atoms with Crippen LogP contribution in [0.3, 0.4) is 0 Å². The first kappa shape index (κ1) is 29.4. The summed E-state index contributed by atoms with van der Waals surface area (Å²) in [5.74, 6) is 0.283. The Balaban J connectivity index is 1.40. The van der Waals surface area contributed by atoms with Crippen LogP contribution in [0.4, 0.5) is 9.93 Å². The van der Waals surface area contributed by atoms with Crippen LogP contribution in [0.25, 0.3) is 10.2 Å². The van der Waals surface area contributed by atoms with E-state index in [1.807, 2.05) is 25.1 Å². The minimum Gasteiger partial charge on any atom is -0.494 e. The van der Waals surface area contributed by atoms with Gasteiger partial charge in [0.05, 0.1) is 29.9 Å². The minimum absolute atomic E-state index is 0.0720. The van der Waals surface area contributed by atoms with Crippen molar-refractivity contribution < 1.29 is 27.5 Å². The smallest absolute Gasteiger partial charge is 0.409 e. The van der Waals surface area contributed by atoms with Gasteiger partial charge < -0.3 is 14.4 Å². The molecule has 1 saturated heterocycles. The maximum absolute atomic E-state index is 13.9. The van der Waals surface area contributed by atoms with E-state index in [0.29, 0.717) is 22.0 Å². The van der Waals surface area contributed by atoms with E-state index in [1.54, 1.807) is 37.4 Å². The van der Waals surface area contributed by atoms with Gasteiger partial charge in [-0.05, 0) is 61.4 Å². The number of aryl methyl sites for hydroxylation is 1. The summed E-state index contributed by atoms with van der Waals surface area (Å²) in [7, 11) is -2.24. The van der Waals surface area contributed by atoms with Crippen LogP contribution in [-0.2, 0) is 21.3 Å². The molecule has 0 N–H and O–H groups in total. The first-order valence-electron chi connectivity index (χ1n) is 13.4. The number of piperazine rings is 1. The molecule has 0 bridgehead atoms. The Labute approximate surface area is 248 Å². The molecule has 1 aliphatic heterocycles. The number of methoxy groups -OCH3 is 1. The highest BCUT2D eigenvalue weighted by Gasteiger charge is 2.31. The zero-order chi connectivity index (χ0) is 29.9. The predicted molar refractivity (Wildman–Crippen MR) is 159 cm³/mol. The molecule has 2 aromatic carbocycles. The number of nitrogens with zero attached hydrogens (tertiary/aromatic N) is 5. The zero-order valence-corrected chi connectivity index (χ0v) is 25.2. The summed E-state index contributed by atoms with van der Waals surface area (Å²) < 4.78 is 39.4. The third-order valence-electron chi connectivity index (χ3n) is 6.96. The van der Waals surface area contributed by atoms with E-state index in [4.69, 9.17) is 14.5 Å². The van der Waals surface area contributed by atoms with E-state index in [1.165, 1.54) is 44.8 Å².